The highest BCUT2D eigenvalue weighted by atomic mass is 16.2. The van der Waals surface area contributed by atoms with Crippen molar-refractivity contribution < 1.29 is 4.79 Å². The van der Waals surface area contributed by atoms with Gasteiger partial charge in [0.15, 0.2) is 0 Å². The van der Waals surface area contributed by atoms with Gasteiger partial charge in [-0.15, -0.1) is 0 Å². The SMILES string of the molecule is CC1(C)CNCCN1CC(=O)NC1(C#N)CCCCC1. The fourth-order valence-electron chi connectivity index (χ4n) is 3.22. The van der Waals surface area contributed by atoms with Crippen molar-refractivity contribution in [3.05, 3.63) is 0 Å². The van der Waals surface area contributed by atoms with Crippen molar-refractivity contribution in [1.29, 1.82) is 5.26 Å². The molecule has 0 aromatic heterocycles. The Bertz CT molecular complexity index is 393. The van der Waals surface area contributed by atoms with Gasteiger partial charge in [-0.2, -0.15) is 5.26 Å². The Balaban J connectivity index is 1.93. The molecule has 2 aliphatic rings. The van der Waals surface area contributed by atoms with Gasteiger partial charge in [0.1, 0.15) is 5.54 Å². The first-order valence-corrected chi connectivity index (χ1v) is 7.66. The van der Waals surface area contributed by atoms with Gasteiger partial charge in [-0.1, -0.05) is 19.3 Å². The molecule has 0 bridgehead atoms. The van der Waals surface area contributed by atoms with Crippen LogP contribution in [0, 0.1) is 11.3 Å². The highest BCUT2D eigenvalue weighted by molar-refractivity contribution is 5.79. The molecule has 1 saturated heterocycles. The van der Waals surface area contributed by atoms with Crippen molar-refractivity contribution in [2.45, 2.75) is 57.0 Å². The van der Waals surface area contributed by atoms with Crippen LogP contribution >= 0.6 is 0 Å². The lowest BCUT2D eigenvalue weighted by Crippen LogP contribution is -2.61. The Morgan fingerprint density at radius 3 is 2.65 bits per heavy atom. The van der Waals surface area contributed by atoms with E-state index in [9.17, 15) is 10.1 Å². The predicted molar refractivity (Wildman–Crippen MR) is 78.1 cm³/mol. The van der Waals surface area contributed by atoms with Crippen LogP contribution in [0.4, 0.5) is 0 Å². The molecule has 0 spiro atoms. The minimum Gasteiger partial charge on any atom is -0.337 e. The van der Waals surface area contributed by atoms with Gasteiger partial charge in [0.25, 0.3) is 0 Å². The first kappa shape index (κ1) is 15.3. The van der Waals surface area contributed by atoms with E-state index < -0.39 is 5.54 Å². The van der Waals surface area contributed by atoms with Crippen molar-refractivity contribution in [2.75, 3.05) is 26.2 Å². The van der Waals surface area contributed by atoms with Gasteiger partial charge in [0.05, 0.1) is 12.6 Å². The van der Waals surface area contributed by atoms with Crippen LogP contribution in [0.2, 0.25) is 0 Å². The van der Waals surface area contributed by atoms with E-state index in [1.807, 2.05) is 0 Å². The summed E-state index contributed by atoms with van der Waals surface area (Å²) < 4.78 is 0. The van der Waals surface area contributed by atoms with Gasteiger partial charge in [0.2, 0.25) is 5.91 Å². The minimum absolute atomic E-state index is 0.0107. The molecule has 1 amide bonds. The summed E-state index contributed by atoms with van der Waals surface area (Å²) in [7, 11) is 0. The zero-order chi connectivity index (χ0) is 14.6. The minimum atomic E-state index is -0.618. The Hall–Kier alpha value is -1.12. The number of nitrogens with one attached hydrogen (secondary N) is 2. The number of amides is 1. The number of rotatable bonds is 3. The summed E-state index contributed by atoms with van der Waals surface area (Å²) in [6.45, 7) is 7.36. The molecule has 2 N–H and O–H groups in total. The number of carbonyl (C=O) groups is 1. The van der Waals surface area contributed by atoms with E-state index in [1.54, 1.807) is 0 Å². The van der Waals surface area contributed by atoms with Crippen molar-refractivity contribution in [3.63, 3.8) is 0 Å². The van der Waals surface area contributed by atoms with Crippen molar-refractivity contribution in [1.82, 2.24) is 15.5 Å². The third kappa shape index (κ3) is 3.50. The van der Waals surface area contributed by atoms with Crippen LogP contribution < -0.4 is 10.6 Å². The van der Waals surface area contributed by atoms with Gasteiger partial charge in [-0.05, 0) is 26.7 Å². The molecule has 5 heteroatoms. The quantitative estimate of drug-likeness (QED) is 0.808. The number of hydrogen-bond donors (Lipinski definition) is 2. The lowest BCUT2D eigenvalue weighted by atomic mass is 9.83. The lowest BCUT2D eigenvalue weighted by Gasteiger charge is -2.43. The number of piperazine rings is 1. The van der Waals surface area contributed by atoms with Gasteiger partial charge in [-0.3, -0.25) is 9.69 Å². The Kier molecular flexibility index (Phi) is 4.66. The number of nitrogens with zero attached hydrogens (tertiary/aromatic N) is 2. The smallest absolute Gasteiger partial charge is 0.235 e. The van der Waals surface area contributed by atoms with E-state index in [2.05, 4.69) is 35.5 Å². The van der Waals surface area contributed by atoms with E-state index in [0.29, 0.717) is 6.54 Å². The van der Waals surface area contributed by atoms with Crippen molar-refractivity contribution in [3.8, 4) is 6.07 Å². The van der Waals surface area contributed by atoms with Crippen LogP contribution in [-0.2, 0) is 4.79 Å². The normalized spacial score (nSPS) is 25.6. The monoisotopic (exact) mass is 278 g/mol. The summed E-state index contributed by atoms with van der Waals surface area (Å²) in [5, 5.41) is 15.8. The maximum Gasteiger partial charge on any atom is 0.235 e. The Labute approximate surface area is 121 Å². The summed E-state index contributed by atoms with van der Waals surface area (Å²) >= 11 is 0. The van der Waals surface area contributed by atoms with Crippen LogP contribution in [0.25, 0.3) is 0 Å². The molecule has 112 valence electrons. The molecule has 0 unspecified atom stereocenters. The number of nitriles is 1. The molecule has 1 aliphatic heterocycles. The Morgan fingerprint density at radius 1 is 1.35 bits per heavy atom. The molecule has 0 aromatic rings. The third-order valence-electron chi connectivity index (χ3n) is 4.61. The van der Waals surface area contributed by atoms with Crippen molar-refractivity contribution in [2.24, 2.45) is 0 Å². The lowest BCUT2D eigenvalue weighted by molar-refractivity contribution is -0.125. The van der Waals surface area contributed by atoms with Crippen LogP contribution in [-0.4, -0.2) is 48.1 Å². The molecule has 0 aromatic carbocycles. The van der Waals surface area contributed by atoms with E-state index >= 15 is 0 Å². The molecule has 1 heterocycles. The molecule has 1 saturated carbocycles. The van der Waals surface area contributed by atoms with Crippen LogP contribution in [0.1, 0.15) is 46.0 Å². The largest absolute Gasteiger partial charge is 0.337 e. The average molecular weight is 278 g/mol. The molecular weight excluding hydrogens is 252 g/mol. The predicted octanol–water partition coefficient (Wildman–Crippen LogP) is 1.01. The average Bonchev–Trinajstić information content (AvgIpc) is 2.42. The number of carbonyl (C=O) groups excluding carboxylic acids is 1. The summed E-state index contributed by atoms with van der Waals surface area (Å²) in [6.07, 6.45) is 4.82. The molecule has 2 fully saturated rings. The zero-order valence-corrected chi connectivity index (χ0v) is 12.7. The fraction of sp³-hybridized carbons (Fsp3) is 0.867. The molecule has 0 radical (unpaired) electrons. The highest BCUT2D eigenvalue weighted by Gasteiger charge is 2.36. The van der Waals surface area contributed by atoms with E-state index in [1.165, 1.54) is 6.42 Å². The summed E-state index contributed by atoms with van der Waals surface area (Å²) in [5.74, 6) is -0.0107. The molecule has 2 rings (SSSR count). The summed E-state index contributed by atoms with van der Waals surface area (Å²) in [4.78, 5) is 14.5. The number of hydrogen-bond acceptors (Lipinski definition) is 4. The van der Waals surface area contributed by atoms with Crippen LogP contribution in [0.3, 0.4) is 0 Å². The topological polar surface area (TPSA) is 68.2 Å². The van der Waals surface area contributed by atoms with Gasteiger partial charge in [0, 0.05) is 25.2 Å². The van der Waals surface area contributed by atoms with Crippen LogP contribution in [0.5, 0.6) is 0 Å². The molecule has 1 aliphatic carbocycles. The second-order valence-corrected chi connectivity index (χ2v) is 6.71. The molecule has 0 atom stereocenters. The first-order chi connectivity index (χ1) is 9.47. The second-order valence-electron chi connectivity index (χ2n) is 6.71. The maximum atomic E-state index is 12.3. The van der Waals surface area contributed by atoms with Gasteiger partial charge < -0.3 is 10.6 Å². The van der Waals surface area contributed by atoms with E-state index in [0.717, 1.165) is 45.3 Å². The van der Waals surface area contributed by atoms with Gasteiger partial charge in [-0.25, -0.2) is 0 Å². The van der Waals surface area contributed by atoms with Crippen molar-refractivity contribution >= 4 is 5.91 Å². The van der Waals surface area contributed by atoms with Gasteiger partial charge >= 0.3 is 0 Å². The van der Waals surface area contributed by atoms with Crippen LogP contribution in [0.15, 0.2) is 0 Å². The zero-order valence-electron chi connectivity index (χ0n) is 12.7. The standard InChI is InChI=1S/C15H26N4O/c1-14(2)12-17-8-9-19(14)10-13(20)18-15(11-16)6-4-3-5-7-15/h17H,3-10,12H2,1-2H3,(H,18,20). The second kappa shape index (κ2) is 6.11. The molecule has 5 nitrogen and oxygen atoms in total. The summed E-state index contributed by atoms with van der Waals surface area (Å²) in [6, 6.07) is 2.34. The maximum absolute atomic E-state index is 12.3. The molecular formula is C15H26N4O. The Morgan fingerprint density at radius 2 is 2.05 bits per heavy atom. The first-order valence-electron chi connectivity index (χ1n) is 7.66. The summed E-state index contributed by atoms with van der Waals surface area (Å²) in [5.41, 5.74) is -0.629. The molecule has 20 heavy (non-hydrogen) atoms. The third-order valence-corrected chi connectivity index (χ3v) is 4.61. The fourth-order valence-corrected chi connectivity index (χ4v) is 3.22. The van der Waals surface area contributed by atoms with E-state index in [4.69, 9.17) is 0 Å². The van der Waals surface area contributed by atoms with E-state index in [-0.39, 0.29) is 11.4 Å². The highest BCUT2D eigenvalue weighted by Crippen LogP contribution is 2.27.